The lowest BCUT2D eigenvalue weighted by Gasteiger charge is -2.27. The number of nitrogens with one attached hydrogen (secondary N) is 2. The summed E-state index contributed by atoms with van der Waals surface area (Å²) in [6.45, 7) is 0.646. The number of aliphatic hydroxyl groups is 1. The number of hydrogen-bond donors (Lipinski definition) is 5. The van der Waals surface area contributed by atoms with Crippen molar-refractivity contribution < 1.29 is 44.1 Å². The van der Waals surface area contributed by atoms with Crippen LogP contribution in [0.5, 0.6) is 0 Å². The Kier molecular flexibility index (Phi) is 22.2. The van der Waals surface area contributed by atoms with E-state index in [1.807, 2.05) is 0 Å². The summed E-state index contributed by atoms with van der Waals surface area (Å²) >= 11 is 0. The van der Waals surface area contributed by atoms with E-state index in [9.17, 15) is 39.0 Å². The van der Waals surface area contributed by atoms with Crippen LogP contribution in [0.25, 0.3) is 0 Å². The molecule has 0 spiro atoms. The van der Waals surface area contributed by atoms with Crippen LogP contribution in [0.2, 0.25) is 0 Å². The Balaban J connectivity index is 3.97. The molecule has 0 aliphatic rings. The highest BCUT2D eigenvalue weighted by molar-refractivity contribution is 5.85. The number of aliphatic carboxylic acids is 2. The number of carboxylic acids is 2. The number of carboxylic acid groups (broad SMARTS) is 2. The van der Waals surface area contributed by atoms with Gasteiger partial charge in [-0.25, -0.2) is 4.79 Å². The van der Waals surface area contributed by atoms with Crippen molar-refractivity contribution in [1.29, 1.82) is 0 Å². The van der Waals surface area contributed by atoms with Crippen molar-refractivity contribution >= 4 is 35.8 Å². The molecule has 0 aliphatic heterocycles. The van der Waals surface area contributed by atoms with Crippen molar-refractivity contribution in [2.45, 2.75) is 147 Å². The fourth-order valence-corrected chi connectivity index (χ4v) is 4.53. The van der Waals surface area contributed by atoms with Gasteiger partial charge in [0.2, 0.25) is 11.8 Å². The number of hydrogen-bond acceptors (Lipinski definition) is 7. The summed E-state index contributed by atoms with van der Waals surface area (Å²) in [5, 5.41) is 32.4. The van der Waals surface area contributed by atoms with E-state index in [1.54, 1.807) is 0 Å². The minimum Gasteiger partial charge on any atom is -0.481 e. The first kappa shape index (κ1) is 38.2. The molecule has 0 saturated carbocycles. The predicted molar refractivity (Wildman–Crippen MR) is 154 cm³/mol. The van der Waals surface area contributed by atoms with Crippen LogP contribution in [-0.4, -0.2) is 69.3 Å². The normalized spacial score (nSPS) is 13.1. The Morgan fingerprint density at radius 3 is 1.54 bits per heavy atom. The van der Waals surface area contributed by atoms with Crippen molar-refractivity contribution in [1.82, 2.24) is 10.6 Å². The lowest BCUT2D eigenvalue weighted by molar-refractivity contribution is -0.142. The Morgan fingerprint density at radius 2 is 1.15 bits per heavy atom. The largest absolute Gasteiger partial charge is 0.481 e. The molecule has 0 fully saturated rings. The molecule has 0 heterocycles. The molecule has 2 amide bonds. The Labute approximate surface area is 244 Å². The highest BCUT2D eigenvalue weighted by atomic mass is 16.4. The van der Waals surface area contributed by atoms with E-state index in [0.29, 0.717) is 12.7 Å². The lowest BCUT2D eigenvalue weighted by atomic mass is 9.94. The van der Waals surface area contributed by atoms with Gasteiger partial charge in [0.05, 0.1) is 6.61 Å². The molecule has 0 aromatic carbocycles. The molecule has 0 aromatic rings. The van der Waals surface area contributed by atoms with E-state index in [0.717, 1.165) is 44.9 Å². The number of rotatable bonds is 28. The third-order valence-corrected chi connectivity index (χ3v) is 7.16. The minimum absolute atomic E-state index is 0.00565. The number of ketones is 1. The monoisotopic (exact) mass is 584 g/mol. The van der Waals surface area contributed by atoms with Crippen molar-refractivity contribution in [2.75, 3.05) is 6.61 Å². The first-order chi connectivity index (χ1) is 19.5. The molecule has 11 nitrogen and oxygen atoms in total. The van der Waals surface area contributed by atoms with Gasteiger partial charge in [0.15, 0.2) is 0 Å². The second kappa shape index (κ2) is 23.8. The van der Waals surface area contributed by atoms with Gasteiger partial charge in [-0.3, -0.25) is 14.4 Å². The van der Waals surface area contributed by atoms with E-state index in [2.05, 4.69) is 10.6 Å². The summed E-state index contributed by atoms with van der Waals surface area (Å²) in [4.78, 5) is 69.2. The van der Waals surface area contributed by atoms with Gasteiger partial charge in [-0.05, 0) is 32.6 Å². The first-order valence-corrected chi connectivity index (χ1v) is 15.2. The summed E-state index contributed by atoms with van der Waals surface area (Å²) in [6.07, 6.45) is 15.2. The summed E-state index contributed by atoms with van der Waals surface area (Å²) in [7, 11) is 0. The summed E-state index contributed by atoms with van der Waals surface area (Å²) < 4.78 is 0. The molecule has 2 atom stereocenters. The molecule has 0 saturated heterocycles. The molecule has 0 radical (unpaired) electrons. The van der Waals surface area contributed by atoms with Gasteiger partial charge in [0.25, 0.3) is 0 Å². The van der Waals surface area contributed by atoms with Crippen LogP contribution in [0.1, 0.15) is 135 Å². The molecule has 11 heteroatoms. The van der Waals surface area contributed by atoms with Crippen LogP contribution >= 0.6 is 0 Å². The van der Waals surface area contributed by atoms with Gasteiger partial charge in [-0.1, -0.05) is 77.0 Å². The quantitative estimate of drug-likeness (QED) is 0.0667. The highest BCUT2D eigenvalue weighted by Gasteiger charge is 2.31. The maximum absolute atomic E-state index is 12.3. The fraction of sp³-hybridized carbons (Fsp3) is 0.800. The summed E-state index contributed by atoms with van der Waals surface area (Å²) in [5.74, 6) is -3.22. The standard InChI is InChI=1S/C30H52N2O9/c1-24(35)20-21-30(22-33,23-34)32-27(37)19-18-25(29(40)41)31-26(36)16-14-12-10-8-6-4-2-3-5-7-9-11-13-15-17-28(38)39/h22,25,34H,2-21,23H2,1H3,(H,31,36)(H,32,37)(H,38,39)(H,40,41)/t25-,30-/m0/s1. The summed E-state index contributed by atoms with van der Waals surface area (Å²) in [5.41, 5.74) is -1.60. The molecule has 0 aliphatic carbocycles. The van der Waals surface area contributed by atoms with E-state index in [4.69, 9.17) is 5.11 Å². The first-order valence-electron chi connectivity index (χ1n) is 15.2. The average Bonchev–Trinajstić information content (AvgIpc) is 2.92. The molecule has 0 unspecified atom stereocenters. The van der Waals surface area contributed by atoms with Gasteiger partial charge in [0, 0.05) is 25.7 Å². The fourth-order valence-electron chi connectivity index (χ4n) is 4.53. The van der Waals surface area contributed by atoms with Crippen LogP contribution < -0.4 is 10.6 Å². The van der Waals surface area contributed by atoms with Crippen LogP contribution in [0, 0.1) is 0 Å². The maximum atomic E-state index is 12.3. The van der Waals surface area contributed by atoms with E-state index >= 15 is 0 Å². The van der Waals surface area contributed by atoms with Gasteiger partial charge in [0.1, 0.15) is 23.7 Å². The highest BCUT2D eigenvalue weighted by Crippen LogP contribution is 2.14. The zero-order valence-corrected chi connectivity index (χ0v) is 24.8. The van der Waals surface area contributed by atoms with Crippen LogP contribution in [-0.2, 0) is 28.8 Å². The zero-order valence-electron chi connectivity index (χ0n) is 24.8. The predicted octanol–water partition coefficient (Wildman–Crippen LogP) is 4.08. The topological polar surface area (TPSA) is 187 Å². The number of carbonyl (C=O) groups excluding carboxylic acids is 4. The molecule has 0 aromatic heterocycles. The number of unbranched alkanes of at least 4 members (excludes halogenated alkanes) is 13. The second-order valence-electron chi connectivity index (χ2n) is 11.0. The smallest absolute Gasteiger partial charge is 0.326 e. The number of carbonyl (C=O) groups is 6. The van der Waals surface area contributed by atoms with Crippen molar-refractivity contribution in [3.63, 3.8) is 0 Å². The number of aliphatic hydroxyl groups excluding tert-OH is 1. The molecular weight excluding hydrogens is 532 g/mol. The van der Waals surface area contributed by atoms with Crippen LogP contribution in [0.15, 0.2) is 0 Å². The Bertz CT molecular complexity index is 803. The van der Waals surface area contributed by atoms with Crippen LogP contribution in [0.4, 0.5) is 0 Å². The lowest BCUT2D eigenvalue weighted by Crippen LogP contribution is -2.53. The van der Waals surface area contributed by atoms with Crippen molar-refractivity contribution in [3.8, 4) is 0 Å². The molecule has 0 rings (SSSR count). The summed E-state index contributed by atoms with van der Waals surface area (Å²) in [6, 6.07) is -1.25. The van der Waals surface area contributed by atoms with Crippen molar-refractivity contribution in [2.24, 2.45) is 0 Å². The van der Waals surface area contributed by atoms with Gasteiger partial charge < -0.3 is 35.5 Å². The van der Waals surface area contributed by atoms with Gasteiger partial charge >= 0.3 is 11.9 Å². The van der Waals surface area contributed by atoms with Crippen molar-refractivity contribution in [3.05, 3.63) is 0 Å². The Hall–Kier alpha value is -2.82. The number of aldehydes is 1. The van der Waals surface area contributed by atoms with Gasteiger partial charge in [-0.2, -0.15) is 0 Å². The minimum atomic E-state index is -1.60. The van der Waals surface area contributed by atoms with E-state index in [-0.39, 0.29) is 44.3 Å². The number of Topliss-reactive ketones (excluding diaryl/α,β-unsaturated/α-hetero) is 1. The van der Waals surface area contributed by atoms with Crippen LogP contribution in [0.3, 0.4) is 0 Å². The van der Waals surface area contributed by atoms with Gasteiger partial charge in [-0.15, -0.1) is 0 Å². The molecular formula is C30H52N2O9. The second-order valence-corrected chi connectivity index (χ2v) is 11.0. The van der Waals surface area contributed by atoms with E-state index < -0.39 is 41.9 Å². The number of amides is 2. The maximum Gasteiger partial charge on any atom is 0.326 e. The molecule has 41 heavy (non-hydrogen) atoms. The molecule has 5 N–H and O–H groups in total. The average molecular weight is 585 g/mol. The third kappa shape index (κ3) is 21.6. The molecule has 236 valence electrons. The molecule has 0 bridgehead atoms. The van der Waals surface area contributed by atoms with E-state index in [1.165, 1.54) is 45.4 Å². The zero-order chi connectivity index (χ0) is 30.9. The third-order valence-electron chi connectivity index (χ3n) is 7.16. The Morgan fingerprint density at radius 1 is 0.683 bits per heavy atom. The SMILES string of the molecule is CC(=O)CC[C@](C=O)(CO)NC(=O)CC[C@H](NC(=O)CCCCCCCCCCCCCCCCC(=O)O)C(=O)O.